The van der Waals surface area contributed by atoms with E-state index in [9.17, 15) is 19.8 Å². The first-order valence-electron chi connectivity index (χ1n) is 11.2. The summed E-state index contributed by atoms with van der Waals surface area (Å²) in [6.45, 7) is 9.09. The zero-order chi connectivity index (χ0) is 20.9. The number of carbonyl (C=O) groups excluding carboxylic acids is 1. The summed E-state index contributed by atoms with van der Waals surface area (Å²) in [5.74, 6) is -0.0368. The van der Waals surface area contributed by atoms with Crippen molar-refractivity contribution in [1.82, 2.24) is 9.80 Å². The van der Waals surface area contributed by atoms with Crippen molar-refractivity contribution < 1.29 is 19.8 Å². The fraction of sp³-hybridized carbons (Fsp3) is 0.818. The van der Waals surface area contributed by atoms with Crippen LogP contribution in [-0.2, 0) is 9.59 Å². The van der Waals surface area contributed by atoms with Crippen LogP contribution in [0.4, 0.5) is 0 Å². The second-order valence-corrected chi connectivity index (χ2v) is 10.9. The van der Waals surface area contributed by atoms with Crippen molar-refractivity contribution in [3.63, 3.8) is 0 Å². The van der Waals surface area contributed by atoms with Crippen LogP contribution >= 0.6 is 11.8 Å². The highest BCUT2D eigenvalue weighted by Gasteiger charge is 2.60. The van der Waals surface area contributed by atoms with Crippen molar-refractivity contribution in [2.45, 2.75) is 70.3 Å². The second-order valence-electron chi connectivity index (χ2n) is 9.53. The van der Waals surface area contributed by atoms with E-state index < -0.39 is 18.0 Å². The van der Waals surface area contributed by atoms with Crippen LogP contribution in [0.5, 0.6) is 0 Å². The summed E-state index contributed by atoms with van der Waals surface area (Å²) in [4.78, 5) is 29.1. The van der Waals surface area contributed by atoms with Crippen LogP contribution in [0.1, 0.15) is 52.9 Å². The third-order valence-corrected chi connectivity index (χ3v) is 9.04. The lowest BCUT2D eigenvalue weighted by Crippen LogP contribution is -2.63. The van der Waals surface area contributed by atoms with Gasteiger partial charge in [-0.05, 0) is 31.6 Å². The highest BCUT2D eigenvalue weighted by molar-refractivity contribution is 8.03. The number of β-lactam (4-membered cyclic amide) rings is 1. The molecular weight excluding hydrogens is 388 g/mol. The molecule has 7 heteroatoms. The molecule has 0 aromatic carbocycles. The van der Waals surface area contributed by atoms with E-state index in [4.69, 9.17) is 0 Å². The number of nitrogens with zero attached hydrogens (tertiary/aromatic N) is 2. The number of likely N-dealkylation sites (tertiary alicyclic amines) is 1. The van der Waals surface area contributed by atoms with Gasteiger partial charge in [0.1, 0.15) is 5.70 Å². The molecule has 1 amide bonds. The molecule has 1 aliphatic carbocycles. The van der Waals surface area contributed by atoms with Crippen molar-refractivity contribution in [2.24, 2.45) is 23.7 Å². The normalized spacial score (nSPS) is 36.6. The summed E-state index contributed by atoms with van der Waals surface area (Å²) in [7, 11) is 0. The topological polar surface area (TPSA) is 81.1 Å². The number of carboxylic acids is 1. The molecule has 2 N–H and O–H groups in total. The number of fused-ring (bicyclic) bond motifs is 1. The van der Waals surface area contributed by atoms with E-state index >= 15 is 0 Å². The van der Waals surface area contributed by atoms with Gasteiger partial charge in [0.2, 0.25) is 5.91 Å². The van der Waals surface area contributed by atoms with E-state index in [1.807, 2.05) is 6.92 Å². The number of amides is 1. The molecule has 4 rings (SSSR count). The summed E-state index contributed by atoms with van der Waals surface area (Å²) in [6, 6.07) is -0.207. The van der Waals surface area contributed by atoms with Gasteiger partial charge in [0.05, 0.1) is 18.1 Å². The van der Waals surface area contributed by atoms with E-state index in [1.165, 1.54) is 43.5 Å². The number of carbonyl (C=O) groups is 2. The summed E-state index contributed by atoms with van der Waals surface area (Å²) >= 11 is 1.65. The number of aliphatic carboxylic acids is 1. The van der Waals surface area contributed by atoms with Crippen LogP contribution in [0.2, 0.25) is 0 Å². The van der Waals surface area contributed by atoms with E-state index in [2.05, 4.69) is 11.8 Å². The SMILES string of the molecule is CCC1CCC(CN2CC(SC3=C(C(=O)O)N4C(=O)[C@H]([C@@H](C)O)[C@H]4[C@H]3C)C2)CC1. The Labute approximate surface area is 177 Å². The number of aliphatic hydroxyl groups is 1. The van der Waals surface area contributed by atoms with Gasteiger partial charge in [0, 0.05) is 35.7 Å². The Bertz CT molecular complexity index is 695. The summed E-state index contributed by atoms with van der Waals surface area (Å²) in [6.07, 6.45) is 6.00. The van der Waals surface area contributed by atoms with Crippen molar-refractivity contribution in [3.8, 4) is 0 Å². The molecule has 6 nitrogen and oxygen atoms in total. The van der Waals surface area contributed by atoms with Crippen molar-refractivity contribution in [1.29, 1.82) is 0 Å². The molecule has 4 atom stereocenters. The van der Waals surface area contributed by atoms with Crippen LogP contribution in [0.3, 0.4) is 0 Å². The van der Waals surface area contributed by atoms with Gasteiger partial charge in [-0.2, -0.15) is 0 Å². The minimum atomic E-state index is -1.02. The van der Waals surface area contributed by atoms with Gasteiger partial charge in [0.15, 0.2) is 0 Å². The molecule has 1 saturated carbocycles. The van der Waals surface area contributed by atoms with E-state index in [1.54, 1.807) is 18.7 Å². The van der Waals surface area contributed by atoms with Gasteiger partial charge in [-0.25, -0.2) is 4.79 Å². The summed E-state index contributed by atoms with van der Waals surface area (Å²) < 4.78 is 0. The van der Waals surface area contributed by atoms with E-state index in [-0.39, 0.29) is 23.6 Å². The molecule has 0 bridgehead atoms. The smallest absolute Gasteiger partial charge is 0.353 e. The summed E-state index contributed by atoms with van der Waals surface area (Å²) in [5.41, 5.74) is 0.158. The van der Waals surface area contributed by atoms with Crippen molar-refractivity contribution >= 4 is 23.6 Å². The number of hydrogen-bond donors (Lipinski definition) is 2. The first kappa shape index (κ1) is 21.2. The predicted molar refractivity (Wildman–Crippen MR) is 113 cm³/mol. The largest absolute Gasteiger partial charge is 0.477 e. The van der Waals surface area contributed by atoms with E-state index in [0.717, 1.165) is 29.8 Å². The average Bonchev–Trinajstić information content (AvgIpc) is 2.89. The maximum absolute atomic E-state index is 12.4. The molecule has 0 spiro atoms. The van der Waals surface area contributed by atoms with Gasteiger partial charge in [-0.3, -0.25) is 4.79 Å². The minimum Gasteiger partial charge on any atom is -0.477 e. The van der Waals surface area contributed by atoms with Crippen LogP contribution in [0.25, 0.3) is 0 Å². The summed E-state index contributed by atoms with van der Waals surface area (Å²) in [5, 5.41) is 20.1. The second kappa shape index (κ2) is 8.23. The molecule has 0 unspecified atom stereocenters. The van der Waals surface area contributed by atoms with Crippen molar-refractivity contribution in [3.05, 3.63) is 10.6 Å². The van der Waals surface area contributed by atoms with Crippen molar-refractivity contribution in [2.75, 3.05) is 19.6 Å². The fourth-order valence-corrected chi connectivity index (χ4v) is 7.37. The lowest BCUT2D eigenvalue weighted by atomic mass is 9.79. The van der Waals surface area contributed by atoms with Crippen LogP contribution in [0.15, 0.2) is 10.6 Å². The Hall–Kier alpha value is -1.05. The molecule has 0 aromatic rings. The number of thioether (sulfide) groups is 1. The standard InChI is InChI=1S/C22H34N2O4S/c1-4-14-5-7-15(8-6-14)9-23-10-16(11-23)29-20-12(2)18-17(13(3)25)21(26)24(18)19(20)22(27)28/h12-18,25H,4-11H2,1-3H3,(H,27,28)/t12-,13-,14?,15?,17-,18-/m1/s1. The van der Waals surface area contributed by atoms with Gasteiger partial charge >= 0.3 is 5.97 Å². The first-order chi connectivity index (χ1) is 13.8. The fourth-order valence-electron chi connectivity index (χ4n) is 5.79. The molecule has 2 saturated heterocycles. The maximum atomic E-state index is 12.4. The van der Waals surface area contributed by atoms with Gasteiger partial charge in [-0.15, -0.1) is 11.8 Å². The Balaban J connectivity index is 1.33. The monoisotopic (exact) mass is 422 g/mol. The van der Waals surface area contributed by atoms with Crippen LogP contribution in [0, 0.1) is 23.7 Å². The zero-order valence-corrected chi connectivity index (χ0v) is 18.5. The lowest BCUT2D eigenvalue weighted by Gasteiger charge is -2.46. The molecule has 0 aromatic heterocycles. The molecule has 3 aliphatic heterocycles. The zero-order valence-electron chi connectivity index (χ0n) is 17.7. The van der Waals surface area contributed by atoms with Gasteiger partial charge in [0.25, 0.3) is 0 Å². The van der Waals surface area contributed by atoms with Gasteiger partial charge < -0.3 is 20.0 Å². The third kappa shape index (κ3) is 3.74. The number of rotatable bonds is 7. The maximum Gasteiger partial charge on any atom is 0.353 e. The number of carboxylic acid groups (broad SMARTS) is 1. The van der Waals surface area contributed by atoms with Crippen LogP contribution in [-0.4, -0.2) is 68.9 Å². The van der Waals surface area contributed by atoms with E-state index in [0.29, 0.717) is 5.25 Å². The first-order valence-corrected chi connectivity index (χ1v) is 12.1. The Morgan fingerprint density at radius 3 is 2.38 bits per heavy atom. The lowest BCUT2D eigenvalue weighted by molar-refractivity contribution is -0.163. The molecule has 3 heterocycles. The Kier molecular flexibility index (Phi) is 6.02. The average molecular weight is 423 g/mol. The Morgan fingerprint density at radius 2 is 1.83 bits per heavy atom. The molecule has 4 aliphatic rings. The predicted octanol–water partition coefficient (Wildman–Crippen LogP) is 2.77. The minimum absolute atomic E-state index is 0.0261. The quantitative estimate of drug-likeness (QED) is 0.614. The molecule has 29 heavy (non-hydrogen) atoms. The third-order valence-electron chi connectivity index (χ3n) is 7.59. The highest BCUT2D eigenvalue weighted by Crippen LogP contribution is 2.52. The Morgan fingerprint density at radius 1 is 1.21 bits per heavy atom. The molecular formula is C22H34N2O4S. The highest BCUT2D eigenvalue weighted by atomic mass is 32.2. The van der Waals surface area contributed by atoms with Crippen LogP contribution < -0.4 is 0 Å². The number of hydrogen-bond acceptors (Lipinski definition) is 5. The molecule has 0 radical (unpaired) electrons. The van der Waals surface area contributed by atoms with Gasteiger partial charge in [-0.1, -0.05) is 33.1 Å². The molecule has 3 fully saturated rings. The number of aliphatic hydroxyl groups excluding tert-OH is 1. The molecule has 162 valence electrons.